The Labute approximate surface area is 193 Å². The predicted octanol–water partition coefficient (Wildman–Crippen LogP) is 8.86. The number of ether oxygens (including phenoxy) is 1. The molecule has 31 heavy (non-hydrogen) atoms. The largest absolute Gasteiger partial charge is 0.462 e. The van der Waals surface area contributed by atoms with E-state index in [-0.39, 0.29) is 12.1 Å². The molecule has 0 N–H and O–H groups in total. The van der Waals surface area contributed by atoms with E-state index in [9.17, 15) is 4.79 Å². The molecule has 4 unspecified atom stereocenters. The van der Waals surface area contributed by atoms with Gasteiger partial charge in [0.05, 0.1) is 0 Å². The molecule has 0 bridgehead atoms. The molecule has 0 radical (unpaired) electrons. The van der Waals surface area contributed by atoms with Gasteiger partial charge in [0.15, 0.2) is 0 Å². The van der Waals surface area contributed by atoms with Crippen LogP contribution < -0.4 is 0 Å². The Morgan fingerprint density at radius 1 is 0.677 bits per heavy atom. The van der Waals surface area contributed by atoms with E-state index in [1.54, 1.807) is 0 Å². The van der Waals surface area contributed by atoms with E-state index in [2.05, 4.69) is 13.8 Å². The fourth-order valence-electron chi connectivity index (χ4n) is 7.37. The number of carbonyl (C=O) groups excluding carboxylic acids is 1. The lowest BCUT2D eigenvalue weighted by Crippen LogP contribution is -2.43. The van der Waals surface area contributed by atoms with Crippen molar-refractivity contribution in [1.82, 2.24) is 0 Å². The first-order chi connectivity index (χ1) is 15.2. The molecule has 3 saturated carbocycles. The third-order valence-electron chi connectivity index (χ3n) is 9.10. The summed E-state index contributed by atoms with van der Waals surface area (Å²) < 4.78 is 5.95. The summed E-state index contributed by atoms with van der Waals surface area (Å²) in [7, 11) is 0. The van der Waals surface area contributed by atoms with Gasteiger partial charge in [-0.05, 0) is 81.0 Å². The summed E-state index contributed by atoms with van der Waals surface area (Å²) in [5.74, 6) is 4.88. The van der Waals surface area contributed by atoms with Crippen molar-refractivity contribution >= 4 is 5.97 Å². The van der Waals surface area contributed by atoms with Gasteiger partial charge in [0.2, 0.25) is 0 Å². The number of carbonyl (C=O) groups is 1. The third-order valence-corrected chi connectivity index (χ3v) is 9.10. The topological polar surface area (TPSA) is 26.3 Å². The van der Waals surface area contributed by atoms with Crippen LogP contribution >= 0.6 is 0 Å². The molecule has 0 saturated heterocycles. The van der Waals surface area contributed by atoms with Crippen molar-refractivity contribution in [2.75, 3.05) is 0 Å². The second kappa shape index (κ2) is 13.9. The lowest BCUT2D eigenvalue weighted by Gasteiger charge is -2.50. The number of unbranched alkanes of at least 4 members (excludes halogenated alkanes) is 8. The molecule has 180 valence electrons. The molecule has 0 aromatic heterocycles. The summed E-state index contributed by atoms with van der Waals surface area (Å²) in [5.41, 5.74) is 0. The molecule has 0 aliphatic heterocycles. The minimum Gasteiger partial charge on any atom is -0.462 e. The number of rotatable bonds is 13. The van der Waals surface area contributed by atoms with Crippen molar-refractivity contribution in [3.8, 4) is 0 Å². The van der Waals surface area contributed by atoms with Crippen LogP contribution in [0.3, 0.4) is 0 Å². The molecule has 6 atom stereocenters. The van der Waals surface area contributed by atoms with Crippen LogP contribution in [0.2, 0.25) is 0 Å². The Hall–Kier alpha value is -0.530. The van der Waals surface area contributed by atoms with Crippen LogP contribution in [0.4, 0.5) is 0 Å². The molecular weight excluding hydrogens is 380 g/mol. The maximum Gasteiger partial charge on any atom is 0.306 e. The highest BCUT2D eigenvalue weighted by atomic mass is 16.5. The van der Waals surface area contributed by atoms with Crippen LogP contribution in [0, 0.1) is 29.6 Å². The molecule has 0 spiro atoms. The van der Waals surface area contributed by atoms with Crippen molar-refractivity contribution < 1.29 is 9.53 Å². The van der Waals surface area contributed by atoms with Gasteiger partial charge in [-0.2, -0.15) is 0 Å². The number of hydrogen-bond donors (Lipinski definition) is 0. The van der Waals surface area contributed by atoms with E-state index in [4.69, 9.17) is 4.74 Å². The highest BCUT2D eigenvalue weighted by Crippen LogP contribution is 2.53. The Morgan fingerprint density at radius 2 is 1.29 bits per heavy atom. The molecule has 0 aromatic carbocycles. The minimum absolute atomic E-state index is 0.0817. The Bertz CT molecular complexity index is 501. The maximum atomic E-state index is 12.4. The summed E-state index contributed by atoms with van der Waals surface area (Å²) in [6.45, 7) is 4.58. The lowest BCUT2D eigenvalue weighted by molar-refractivity contribution is -0.153. The maximum absolute atomic E-state index is 12.4. The van der Waals surface area contributed by atoms with Crippen LogP contribution in [-0.2, 0) is 9.53 Å². The van der Waals surface area contributed by atoms with Crippen molar-refractivity contribution in [2.45, 2.75) is 148 Å². The van der Waals surface area contributed by atoms with E-state index in [1.165, 1.54) is 103 Å². The summed E-state index contributed by atoms with van der Waals surface area (Å²) >= 11 is 0. The monoisotopic (exact) mass is 432 g/mol. The van der Waals surface area contributed by atoms with E-state index >= 15 is 0 Å². The minimum atomic E-state index is 0.0817. The first-order valence-electron chi connectivity index (χ1n) is 14.4. The highest BCUT2D eigenvalue weighted by Gasteiger charge is 2.44. The van der Waals surface area contributed by atoms with Gasteiger partial charge >= 0.3 is 5.97 Å². The van der Waals surface area contributed by atoms with Gasteiger partial charge in [0, 0.05) is 6.42 Å². The Kier molecular flexibility index (Phi) is 11.2. The van der Waals surface area contributed by atoms with E-state index in [0.29, 0.717) is 6.42 Å². The lowest BCUT2D eigenvalue weighted by atomic mass is 9.56. The SMILES string of the molecule is CCCCCCCCCC(=O)O[C@@H]1CCC2C(CCC3C[C@H](CCCCC)CCC32)C1. The van der Waals surface area contributed by atoms with Gasteiger partial charge in [0.1, 0.15) is 6.10 Å². The van der Waals surface area contributed by atoms with Crippen LogP contribution in [0.1, 0.15) is 142 Å². The van der Waals surface area contributed by atoms with Crippen LogP contribution in [0.25, 0.3) is 0 Å². The van der Waals surface area contributed by atoms with Crippen molar-refractivity contribution in [3.63, 3.8) is 0 Å². The summed E-state index contributed by atoms with van der Waals surface area (Å²) in [6.07, 6.45) is 26.4. The molecule has 3 aliphatic rings. The van der Waals surface area contributed by atoms with Gasteiger partial charge in [-0.25, -0.2) is 0 Å². The van der Waals surface area contributed by atoms with Gasteiger partial charge in [0.25, 0.3) is 0 Å². The van der Waals surface area contributed by atoms with Gasteiger partial charge in [-0.1, -0.05) is 84.5 Å². The Morgan fingerprint density at radius 3 is 2.03 bits per heavy atom. The fraction of sp³-hybridized carbons (Fsp3) is 0.966. The standard InChI is InChI=1S/C29H52O2/c1-3-5-7-8-9-10-12-14-29(30)31-26-18-20-28-25(22-26)17-16-24-21-23(13-11-6-4-2)15-19-27(24)28/h23-28H,3-22H2,1-2H3/t23-,24?,25?,26-,27?,28?/m1/s1. The van der Waals surface area contributed by atoms with Crippen LogP contribution in [0.15, 0.2) is 0 Å². The second-order valence-electron chi connectivity index (χ2n) is 11.4. The van der Waals surface area contributed by atoms with Gasteiger partial charge in [-0.3, -0.25) is 4.79 Å². The smallest absolute Gasteiger partial charge is 0.306 e. The zero-order valence-electron chi connectivity index (χ0n) is 20.9. The molecule has 3 aliphatic carbocycles. The first kappa shape index (κ1) is 25.1. The Balaban J connectivity index is 1.32. The van der Waals surface area contributed by atoms with Gasteiger partial charge in [-0.15, -0.1) is 0 Å². The fourth-order valence-corrected chi connectivity index (χ4v) is 7.37. The van der Waals surface area contributed by atoms with Crippen LogP contribution in [0.5, 0.6) is 0 Å². The van der Waals surface area contributed by atoms with Crippen molar-refractivity contribution in [1.29, 1.82) is 0 Å². The molecule has 0 amide bonds. The number of esters is 1. The molecule has 2 heteroatoms. The van der Waals surface area contributed by atoms with E-state index in [1.807, 2.05) is 0 Å². The zero-order chi connectivity index (χ0) is 21.9. The highest BCUT2D eigenvalue weighted by molar-refractivity contribution is 5.69. The summed E-state index contributed by atoms with van der Waals surface area (Å²) in [4.78, 5) is 12.4. The normalized spacial score (nSPS) is 32.8. The van der Waals surface area contributed by atoms with E-state index < -0.39 is 0 Å². The first-order valence-corrected chi connectivity index (χ1v) is 14.4. The van der Waals surface area contributed by atoms with Crippen LogP contribution in [-0.4, -0.2) is 12.1 Å². The molecule has 0 heterocycles. The average molecular weight is 433 g/mol. The molecule has 2 nitrogen and oxygen atoms in total. The molecule has 0 aromatic rings. The zero-order valence-corrected chi connectivity index (χ0v) is 20.9. The molecule has 3 fully saturated rings. The molecular formula is C29H52O2. The average Bonchev–Trinajstić information content (AvgIpc) is 2.78. The van der Waals surface area contributed by atoms with E-state index in [0.717, 1.165) is 48.9 Å². The summed E-state index contributed by atoms with van der Waals surface area (Å²) in [5, 5.41) is 0. The van der Waals surface area contributed by atoms with Gasteiger partial charge < -0.3 is 4.74 Å². The second-order valence-corrected chi connectivity index (χ2v) is 11.4. The number of fused-ring (bicyclic) bond motifs is 3. The quantitative estimate of drug-likeness (QED) is 0.214. The summed E-state index contributed by atoms with van der Waals surface area (Å²) in [6, 6.07) is 0. The number of hydrogen-bond acceptors (Lipinski definition) is 2. The predicted molar refractivity (Wildman–Crippen MR) is 131 cm³/mol. The van der Waals surface area contributed by atoms with Crippen molar-refractivity contribution in [2.24, 2.45) is 29.6 Å². The van der Waals surface area contributed by atoms with Crippen molar-refractivity contribution in [3.05, 3.63) is 0 Å². The third kappa shape index (κ3) is 8.08. The molecule has 3 rings (SSSR count).